The van der Waals surface area contributed by atoms with Gasteiger partial charge in [0.2, 0.25) is 10.0 Å². The molecule has 0 aromatic heterocycles. The van der Waals surface area contributed by atoms with E-state index < -0.39 is 16.1 Å². The van der Waals surface area contributed by atoms with E-state index in [1.807, 2.05) is 42.5 Å². The Bertz CT molecular complexity index is 948. The van der Waals surface area contributed by atoms with Crippen LogP contribution in [0.5, 0.6) is 5.75 Å². The number of hydrogen-bond acceptors (Lipinski definition) is 5. The van der Waals surface area contributed by atoms with Crippen LogP contribution in [0.25, 0.3) is 0 Å². The van der Waals surface area contributed by atoms with Crippen molar-refractivity contribution in [3.05, 3.63) is 59.6 Å². The van der Waals surface area contributed by atoms with Crippen LogP contribution in [0.4, 0.5) is 5.69 Å². The Balaban J connectivity index is 1.44. The Morgan fingerprint density at radius 2 is 1.70 bits per heavy atom. The largest absolute Gasteiger partial charge is 0.481 e. The smallest absolute Gasteiger partial charge is 0.260 e. The second-order valence-corrected chi connectivity index (χ2v) is 9.51. The predicted molar refractivity (Wildman–Crippen MR) is 119 cm³/mol. The number of halogens is 1. The summed E-state index contributed by atoms with van der Waals surface area (Å²) in [5.74, 6) is 0.0878. The molecule has 0 spiro atoms. The Morgan fingerprint density at radius 3 is 2.37 bits per heavy atom. The first-order valence-corrected chi connectivity index (χ1v) is 11.8. The zero-order chi connectivity index (χ0) is 21.6. The summed E-state index contributed by atoms with van der Waals surface area (Å²) in [5.41, 5.74) is 0.913. The first-order chi connectivity index (χ1) is 14.4. The number of carbonyl (C=O) groups excluding carboxylic acids is 1. The van der Waals surface area contributed by atoms with E-state index in [0.29, 0.717) is 37.0 Å². The van der Waals surface area contributed by atoms with Crippen LogP contribution < -0.4 is 15.0 Å². The molecule has 2 aromatic carbocycles. The molecule has 1 unspecified atom stereocenters. The van der Waals surface area contributed by atoms with E-state index >= 15 is 0 Å². The number of para-hydroxylation sites is 2. The van der Waals surface area contributed by atoms with Crippen LogP contribution in [-0.2, 0) is 14.8 Å². The number of anilines is 1. The number of amides is 1. The van der Waals surface area contributed by atoms with Crippen LogP contribution in [0, 0.1) is 0 Å². The van der Waals surface area contributed by atoms with E-state index in [9.17, 15) is 13.2 Å². The van der Waals surface area contributed by atoms with Crippen molar-refractivity contribution in [3.63, 3.8) is 0 Å². The van der Waals surface area contributed by atoms with Gasteiger partial charge in [0.25, 0.3) is 5.91 Å². The lowest BCUT2D eigenvalue weighted by molar-refractivity contribution is -0.127. The molecule has 1 aliphatic heterocycles. The molecule has 1 heterocycles. The molecule has 7 nitrogen and oxygen atoms in total. The summed E-state index contributed by atoms with van der Waals surface area (Å²) in [6.45, 7) is 3.57. The van der Waals surface area contributed by atoms with E-state index in [2.05, 4.69) is 10.2 Å². The minimum Gasteiger partial charge on any atom is -0.481 e. The summed E-state index contributed by atoms with van der Waals surface area (Å²) in [4.78, 5) is 14.3. The fourth-order valence-corrected chi connectivity index (χ4v) is 4.84. The van der Waals surface area contributed by atoms with Gasteiger partial charge in [-0.2, -0.15) is 4.31 Å². The van der Waals surface area contributed by atoms with E-state index in [-0.39, 0.29) is 18.2 Å². The molecule has 1 fully saturated rings. The molecule has 1 N–H and O–H groups in total. The first-order valence-electron chi connectivity index (χ1n) is 9.83. The van der Waals surface area contributed by atoms with Crippen LogP contribution in [0.2, 0.25) is 5.02 Å². The van der Waals surface area contributed by atoms with Gasteiger partial charge < -0.3 is 15.0 Å². The number of carbonyl (C=O) groups is 1. The molecule has 30 heavy (non-hydrogen) atoms. The molecular formula is C21H26ClN3O4S. The Labute approximate surface area is 182 Å². The van der Waals surface area contributed by atoms with Gasteiger partial charge in [0.1, 0.15) is 5.75 Å². The molecule has 2 aromatic rings. The van der Waals surface area contributed by atoms with Crippen molar-refractivity contribution in [1.82, 2.24) is 9.62 Å². The van der Waals surface area contributed by atoms with Crippen LogP contribution in [0.15, 0.2) is 54.6 Å². The van der Waals surface area contributed by atoms with E-state index in [1.165, 1.54) is 4.31 Å². The van der Waals surface area contributed by atoms with Crippen molar-refractivity contribution in [2.75, 3.05) is 43.4 Å². The lowest BCUT2D eigenvalue weighted by Gasteiger charge is -2.35. The Kier molecular flexibility index (Phi) is 7.58. The standard InChI is InChI=1S/C21H26ClN3O4S/c1-17(29-18-7-3-2-4-8-18)21(26)23-11-16-30(27,28)25-14-12-24(13-15-25)20-10-6-5-9-19(20)22/h2-10,17H,11-16H2,1H3,(H,23,26). The number of ether oxygens (including phenoxy) is 1. The highest BCUT2D eigenvalue weighted by molar-refractivity contribution is 7.89. The number of piperazine rings is 1. The molecule has 1 saturated heterocycles. The molecule has 1 aliphatic rings. The van der Waals surface area contributed by atoms with E-state index in [4.69, 9.17) is 16.3 Å². The van der Waals surface area contributed by atoms with Gasteiger partial charge in [0, 0.05) is 32.7 Å². The zero-order valence-electron chi connectivity index (χ0n) is 16.8. The van der Waals surface area contributed by atoms with Crippen LogP contribution >= 0.6 is 11.6 Å². The number of sulfonamides is 1. The maximum absolute atomic E-state index is 12.6. The molecule has 3 rings (SSSR count). The molecule has 1 atom stereocenters. The molecule has 162 valence electrons. The van der Waals surface area contributed by atoms with Crippen molar-refractivity contribution in [1.29, 1.82) is 0 Å². The lowest BCUT2D eigenvalue weighted by Crippen LogP contribution is -2.50. The summed E-state index contributed by atoms with van der Waals surface area (Å²) in [6, 6.07) is 16.5. The maximum atomic E-state index is 12.6. The fourth-order valence-electron chi connectivity index (χ4n) is 3.25. The fraction of sp³-hybridized carbons (Fsp3) is 0.381. The second kappa shape index (κ2) is 10.1. The van der Waals surface area contributed by atoms with Crippen LogP contribution in [0.3, 0.4) is 0 Å². The average molecular weight is 452 g/mol. The lowest BCUT2D eigenvalue weighted by atomic mass is 10.2. The molecule has 9 heteroatoms. The summed E-state index contributed by atoms with van der Waals surface area (Å²) in [6.07, 6.45) is -0.714. The summed E-state index contributed by atoms with van der Waals surface area (Å²) in [7, 11) is -3.46. The van der Waals surface area contributed by atoms with Crippen LogP contribution in [0.1, 0.15) is 6.92 Å². The van der Waals surface area contributed by atoms with Crippen LogP contribution in [-0.4, -0.2) is 63.2 Å². The zero-order valence-corrected chi connectivity index (χ0v) is 18.4. The highest BCUT2D eigenvalue weighted by Gasteiger charge is 2.27. The Hall–Kier alpha value is -2.29. The van der Waals surface area contributed by atoms with E-state index in [0.717, 1.165) is 5.69 Å². The highest BCUT2D eigenvalue weighted by Crippen LogP contribution is 2.26. The van der Waals surface area contributed by atoms with Crippen molar-refractivity contribution >= 4 is 33.2 Å². The van der Waals surface area contributed by atoms with Gasteiger partial charge >= 0.3 is 0 Å². The molecule has 0 aliphatic carbocycles. The van der Waals surface area contributed by atoms with E-state index in [1.54, 1.807) is 19.1 Å². The molecule has 0 bridgehead atoms. The summed E-state index contributed by atoms with van der Waals surface area (Å²) >= 11 is 6.23. The summed E-state index contributed by atoms with van der Waals surface area (Å²) < 4.78 is 32.3. The monoisotopic (exact) mass is 451 g/mol. The average Bonchev–Trinajstić information content (AvgIpc) is 2.74. The molecule has 1 amide bonds. The SMILES string of the molecule is CC(Oc1ccccc1)C(=O)NCCS(=O)(=O)N1CCN(c2ccccc2Cl)CC1. The van der Waals surface area contributed by atoms with Crippen molar-refractivity contribution in [2.45, 2.75) is 13.0 Å². The number of rotatable bonds is 8. The number of nitrogens with zero attached hydrogens (tertiary/aromatic N) is 2. The molecular weight excluding hydrogens is 426 g/mol. The van der Waals surface area contributed by atoms with Gasteiger partial charge in [-0.1, -0.05) is 41.9 Å². The van der Waals surface area contributed by atoms with Gasteiger partial charge in [0.05, 0.1) is 16.5 Å². The van der Waals surface area contributed by atoms with Gasteiger partial charge in [-0.25, -0.2) is 8.42 Å². The maximum Gasteiger partial charge on any atom is 0.260 e. The normalized spacial score (nSPS) is 16.1. The molecule has 0 saturated carbocycles. The minimum absolute atomic E-state index is 0.0361. The third kappa shape index (κ3) is 5.87. The number of nitrogens with one attached hydrogen (secondary N) is 1. The van der Waals surface area contributed by atoms with Gasteiger partial charge in [-0.05, 0) is 31.2 Å². The van der Waals surface area contributed by atoms with Gasteiger partial charge in [-0.3, -0.25) is 4.79 Å². The number of benzene rings is 2. The van der Waals surface area contributed by atoms with Crippen molar-refractivity contribution in [2.24, 2.45) is 0 Å². The molecule has 0 radical (unpaired) electrons. The van der Waals surface area contributed by atoms with Gasteiger partial charge in [0.15, 0.2) is 6.10 Å². The Morgan fingerprint density at radius 1 is 1.07 bits per heavy atom. The predicted octanol–water partition coefficient (Wildman–Crippen LogP) is 2.38. The minimum atomic E-state index is -3.46. The number of hydrogen-bond donors (Lipinski definition) is 1. The quantitative estimate of drug-likeness (QED) is 0.666. The topological polar surface area (TPSA) is 78.9 Å². The first kappa shape index (κ1) is 22.4. The third-order valence-electron chi connectivity index (χ3n) is 4.91. The highest BCUT2D eigenvalue weighted by atomic mass is 35.5. The third-order valence-corrected chi connectivity index (χ3v) is 7.10. The second-order valence-electron chi connectivity index (χ2n) is 7.02. The van der Waals surface area contributed by atoms with Gasteiger partial charge in [-0.15, -0.1) is 0 Å². The van der Waals surface area contributed by atoms with Crippen molar-refractivity contribution < 1.29 is 17.9 Å². The summed E-state index contributed by atoms with van der Waals surface area (Å²) in [5, 5.41) is 3.30. The van der Waals surface area contributed by atoms with Crippen molar-refractivity contribution in [3.8, 4) is 5.75 Å².